The van der Waals surface area contributed by atoms with E-state index < -0.39 is 11.6 Å². The number of benzene rings is 1. The van der Waals surface area contributed by atoms with E-state index >= 15 is 0 Å². The fourth-order valence-electron chi connectivity index (χ4n) is 2.83. The summed E-state index contributed by atoms with van der Waals surface area (Å²) in [5.74, 6) is -0.640. The van der Waals surface area contributed by atoms with E-state index in [1.165, 1.54) is 38.2 Å². The lowest BCUT2D eigenvalue weighted by Crippen LogP contribution is -2.26. The summed E-state index contributed by atoms with van der Waals surface area (Å²) < 4.78 is 27.5. The fraction of sp³-hybridized carbons (Fsp3) is 0.647. The van der Waals surface area contributed by atoms with Crippen LogP contribution < -0.4 is 5.32 Å². The predicted molar refractivity (Wildman–Crippen MR) is 86.7 cm³/mol. The Kier molecular flexibility index (Phi) is 6.97. The van der Waals surface area contributed by atoms with Crippen LogP contribution in [0.1, 0.15) is 57.1 Å². The first-order valence-electron chi connectivity index (χ1n) is 8.01. The molecule has 0 heterocycles. The maximum Gasteiger partial charge on any atom is 0.163 e. The van der Waals surface area contributed by atoms with E-state index in [0.29, 0.717) is 10.8 Å². The normalized spacial score (nSPS) is 17.9. The van der Waals surface area contributed by atoms with E-state index in [2.05, 4.69) is 12.2 Å². The lowest BCUT2D eigenvalue weighted by Gasteiger charge is -2.25. The van der Waals surface area contributed by atoms with Gasteiger partial charge in [0.05, 0.1) is 0 Å². The summed E-state index contributed by atoms with van der Waals surface area (Å²) in [5.41, 5.74) is 0.465. The Balaban J connectivity index is 2.01. The number of rotatable bonds is 7. The second-order valence-corrected chi connectivity index (χ2v) is 7.08. The third kappa shape index (κ3) is 4.96. The predicted octanol–water partition coefficient (Wildman–Crippen LogP) is 5.07. The van der Waals surface area contributed by atoms with Gasteiger partial charge in [0.25, 0.3) is 0 Å². The van der Waals surface area contributed by atoms with Crippen LogP contribution in [0.4, 0.5) is 8.78 Å². The standard InChI is InChI=1S/C17H25F2NS/c1-2-11-20-16(12-21-13-7-4-3-5-8-13)14-9-6-10-15(18)17(14)19/h6,9-10,13,16,20H,2-5,7-8,11-12H2,1H3. The Morgan fingerprint density at radius 3 is 2.71 bits per heavy atom. The second kappa shape index (κ2) is 8.74. The van der Waals surface area contributed by atoms with Crippen LogP contribution in [0.3, 0.4) is 0 Å². The molecule has 0 amide bonds. The molecule has 1 aromatic carbocycles. The maximum atomic E-state index is 14.0. The monoisotopic (exact) mass is 313 g/mol. The molecule has 1 atom stereocenters. The first-order valence-corrected chi connectivity index (χ1v) is 9.06. The Hall–Kier alpha value is -0.610. The Morgan fingerprint density at radius 1 is 1.24 bits per heavy atom. The molecule has 1 fully saturated rings. The van der Waals surface area contributed by atoms with Crippen LogP contribution >= 0.6 is 11.8 Å². The van der Waals surface area contributed by atoms with Crippen molar-refractivity contribution in [2.24, 2.45) is 0 Å². The maximum absolute atomic E-state index is 14.0. The molecule has 0 saturated heterocycles. The van der Waals surface area contributed by atoms with Gasteiger partial charge in [0.2, 0.25) is 0 Å². The average Bonchev–Trinajstić information content (AvgIpc) is 2.52. The van der Waals surface area contributed by atoms with Crippen molar-refractivity contribution in [1.82, 2.24) is 5.32 Å². The molecular weight excluding hydrogens is 288 g/mol. The molecule has 1 nitrogen and oxygen atoms in total. The van der Waals surface area contributed by atoms with E-state index in [-0.39, 0.29) is 6.04 Å². The number of thioether (sulfide) groups is 1. The molecule has 0 spiro atoms. The minimum atomic E-state index is -0.751. The van der Waals surface area contributed by atoms with Gasteiger partial charge in [-0.15, -0.1) is 0 Å². The lowest BCUT2D eigenvalue weighted by molar-refractivity contribution is 0.473. The van der Waals surface area contributed by atoms with Crippen molar-refractivity contribution in [3.05, 3.63) is 35.4 Å². The van der Waals surface area contributed by atoms with Crippen LogP contribution in [0.15, 0.2) is 18.2 Å². The number of hydrogen-bond donors (Lipinski definition) is 1. The van der Waals surface area contributed by atoms with Crippen LogP contribution in [0.5, 0.6) is 0 Å². The quantitative estimate of drug-likeness (QED) is 0.754. The molecule has 0 aromatic heterocycles. The van der Waals surface area contributed by atoms with Gasteiger partial charge in [-0.3, -0.25) is 0 Å². The van der Waals surface area contributed by atoms with Crippen LogP contribution in [0.25, 0.3) is 0 Å². The minimum absolute atomic E-state index is 0.104. The number of hydrogen-bond acceptors (Lipinski definition) is 2. The molecule has 1 aliphatic carbocycles. The van der Waals surface area contributed by atoms with Gasteiger partial charge < -0.3 is 5.32 Å². The highest BCUT2D eigenvalue weighted by Crippen LogP contribution is 2.31. The minimum Gasteiger partial charge on any atom is -0.309 e. The van der Waals surface area contributed by atoms with Gasteiger partial charge in [0, 0.05) is 22.6 Å². The zero-order valence-corrected chi connectivity index (χ0v) is 13.5. The van der Waals surface area contributed by atoms with Gasteiger partial charge in [-0.25, -0.2) is 8.78 Å². The zero-order chi connectivity index (χ0) is 15.1. The summed E-state index contributed by atoms with van der Waals surface area (Å²) >= 11 is 1.91. The summed E-state index contributed by atoms with van der Waals surface area (Å²) in [5, 5.41) is 4.05. The molecular formula is C17H25F2NS. The van der Waals surface area contributed by atoms with Gasteiger partial charge in [-0.05, 0) is 31.9 Å². The molecule has 118 valence electrons. The van der Waals surface area contributed by atoms with Crippen LogP contribution in [0.2, 0.25) is 0 Å². The first kappa shape index (κ1) is 16.8. The van der Waals surface area contributed by atoms with Gasteiger partial charge >= 0.3 is 0 Å². The van der Waals surface area contributed by atoms with Gasteiger partial charge in [-0.1, -0.05) is 38.3 Å². The number of nitrogens with one attached hydrogen (secondary N) is 1. The SMILES string of the molecule is CCCNC(CSC1CCCCC1)c1cccc(F)c1F. The fourth-order valence-corrected chi connectivity index (χ4v) is 4.26. The molecule has 1 aliphatic rings. The number of halogens is 2. The van der Waals surface area contributed by atoms with Crippen molar-refractivity contribution < 1.29 is 8.78 Å². The highest BCUT2D eigenvalue weighted by molar-refractivity contribution is 7.99. The van der Waals surface area contributed by atoms with Crippen molar-refractivity contribution >= 4 is 11.8 Å². The van der Waals surface area contributed by atoms with Crippen molar-refractivity contribution in [2.45, 2.75) is 56.7 Å². The third-order valence-electron chi connectivity index (χ3n) is 4.05. The summed E-state index contributed by atoms with van der Waals surface area (Å²) in [4.78, 5) is 0. The van der Waals surface area contributed by atoms with Gasteiger partial charge in [0.1, 0.15) is 0 Å². The highest BCUT2D eigenvalue weighted by atomic mass is 32.2. The van der Waals surface area contributed by atoms with E-state index in [0.717, 1.165) is 18.7 Å². The smallest absolute Gasteiger partial charge is 0.163 e. The van der Waals surface area contributed by atoms with E-state index in [1.807, 2.05) is 11.8 Å². The van der Waals surface area contributed by atoms with Gasteiger partial charge in [0.15, 0.2) is 11.6 Å². The van der Waals surface area contributed by atoms with E-state index in [1.54, 1.807) is 12.1 Å². The summed E-state index contributed by atoms with van der Waals surface area (Å²) in [6.45, 7) is 2.91. The zero-order valence-electron chi connectivity index (χ0n) is 12.7. The molecule has 2 rings (SSSR count). The summed E-state index contributed by atoms with van der Waals surface area (Å²) in [6, 6.07) is 4.38. The molecule has 1 unspecified atom stereocenters. The van der Waals surface area contributed by atoms with Crippen molar-refractivity contribution in [2.75, 3.05) is 12.3 Å². The molecule has 1 saturated carbocycles. The molecule has 21 heavy (non-hydrogen) atoms. The Labute approximate surface area is 130 Å². The molecule has 1 aromatic rings. The van der Waals surface area contributed by atoms with Crippen LogP contribution in [-0.2, 0) is 0 Å². The molecule has 0 bridgehead atoms. The lowest BCUT2D eigenvalue weighted by atomic mass is 10.0. The van der Waals surface area contributed by atoms with Gasteiger partial charge in [-0.2, -0.15) is 11.8 Å². The van der Waals surface area contributed by atoms with E-state index in [9.17, 15) is 8.78 Å². The second-order valence-electron chi connectivity index (χ2n) is 5.74. The average molecular weight is 313 g/mol. The van der Waals surface area contributed by atoms with E-state index in [4.69, 9.17) is 0 Å². The highest BCUT2D eigenvalue weighted by Gasteiger charge is 2.20. The van der Waals surface area contributed by atoms with Crippen molar-refractivity contribution in [3.63, 3.8) is 0 Å². The summed E-state index contributed by atoms with van der Waals surface area (Å²) in [7, 11) is 0. The third-order valence-corrected chi connectivity index (χ3v) is 5.52. The topological polar surface area (TPSA) is 12.0 Å². The molecule has 0 aliphatic heterocycles. The molecule has 0 radical (unpaired) electrons. The van der Waals surface area contributed by atoms with Crippen LogP contribution in [-0.4, -0.2) is 17.5 Å². The van der Waals surface area contributed by atoms with Crippen molar-refractivity contribution in [1.29, 1.82) is 0 Å². The Bertz CT molecular complexity index is 433. The Morgan fingerprint density at radius 2 is 2.00 bits per heavy atom. The van der Waals surface area contributed by atoms with Crippen LogP contribution in [0, 0.1) is 11.6 Å². The first-order chi connectivity index (χ1) is 10.2. The largest absolute Gasteiger partial charge is 0.309 e. The summed E-state index contributed by atoms with van der Waals surface area (Å²) in [6.07, 6.45) is 7.46. The molecule has 1 N–H and O–H groups in total. The molecule has 4 heteroatoms. The van der Waals surface area contributed by atoms with Crippen molar-refractivity contribution in [3.8, 4) is 0 Å².